The summed E-state index contributed by atoms with van der Waals surface area (Å²) in [5.41, 5.74) is 1.81. The molecule has 0 aliphatic rings. The number of halogens is 1. The molecule has 0 bridgehead atoms. The summed E-state index contributed by atoms with van der Waals surface area (Å²) in [4.78, 5) is 12.0. The van der Waals surface area contributed by atoms with Crippen LogP contribution >= 0.6 is 15.9 Å². The zero-order valence-corrected chi connectivity index (χ0v) is 15.1. The first kappa shape index (κ1) is 17.2. The minimum atomic E-state index is -0.0303. The van der Waals surface area contributed by atoms with Gasteiger partial charge in [0, 0.05) is 10.9 Å². The van der Waals surface area contributed by atoms with E-state index in [1.54, 1.807) is 17.1 Å². The van der Waals surface area contributed by atoms with Crippen molar-refractivity contribution in [3.63, 3.8) is 0 Å². The summed E-state index contributed by atoms with van der Waals surface area (Å²) >= 11 is 3.38. The molecule has 2 aromatic carbocycles. The van der Waals surface area contributed by atoms with Gasteiger partial charge in [-0.05, 0) is 36.2 Å². The molecule has 3 rings (SSSR count). The number of hydrogen-bond acceptors (Lipinski definition) is 3. The maximum atomic E-state index is 12.0. The van der Waals surface area contributed by atoms with E-state index in [1.807, 2.05) is 54.6 Å². The molecule has 0 aliphatic carbocycles. The molecule has 3 aromatic rings. The Labute approximate surface area is 154 Å². The van der Waals surface area contributed by atoms with Gasteiger partial charge in [0.25, 0.3) is 0 Å². The largest absolute Gasteiger partial charge is 0.471 e. The second-order valence-corrected chi connectivity index (χ2v) is 6.45. The number of anilines is 1. The Hall–Kier alpha value is -2.60. The van der Waals surface area contributed by atoms with Crippen LogP contribution in [0.1, 0.15) is 12.0 Å². The number of nitrogens with zero attached hydrogens (tertiary/aromatic N) is 2. The average molecular weight is 400 g/mol. The molecule has 1 heterocycles. The van der Waals surface area contributed by atoms with Gasteiger partial charge in [0.05, 0.1) is 18.1 Å². The van der Waals surface area contributed by atoms with Crippen molar-refractivity contribution in [1.29, 1.82) is 0 Å². The molecule has 128 valence electrons. The van der Waals surface area contributed by atoms with Crippen LogP contribution < -0.4 is 10.1 Å². The van der Waals surface area contributed by atoms with Crippen LogP contribution in [-0.4, -0.2) is 15.7 Å². The number of ether oxygens (including phenoxy) is 1. The van der Waals surface area contributed by atoms with Crippen LogP contribution in [0.5, 0.6) is 5.75 Å². The van der Waals surface area contributed by atoms with E-state index in [9.17, 15) is 4.79 Å². The lowest BCUT2D eigenvalue weighted by atomic mass is 10.1. The quantitative estimate of drug-likeness (QED) is 0.645. The van der Waals surface area contributed by atoms with Crippen molar-refractivity contribution in [3.8, 4) is 5.75 Å². The highest BCUT2D eigenvalue weighted by molar-refractivity contribution is 9.10. The maximum Gasteiger partial charge on any atom is 0.224 e. The van der Waals surface area contributed by atoms with Crippen LogP contribution in [0.3, 0.4) is 0 Å². The van der Waals surface area contributed by atoms with E-state index in [4.69, 9.17) is 4.74 Å². The molecule has 0 radical (unpaired) electrons. The van der Waals surface area contributed by atoms with Gasteiger partial charge in [0.15, 0.2) is 6.73 Å². The second kappa shape index (κ2) is 8.48. The molecule has 0 fully saturated rings. The molecule has 1 N–H and O–H groups in total. The molecule has 25 heavy (non-hydrogen) atoms. The van der Waals surface area contributed by atoms with Crippen molar-refractivity contribution >= 4 is 27.5 Å². The number of rotatable bonds is 7. The van der Waals surface area contributed by atoms with Crippen molar-refractivity contribution in [2.75, 3.05) is 5.32 Å². The highest BCUT2D eigenvalue weighted by Crippen LogP contribution is 2.16. The fraction of sp³-hybridized carbons (Fsp3) is 0.158. The lowest BCUT2D eigenvalue weighted by Crippen LogP contribution is -2.12. The first-order valence-electron chi connectivity index (χ1n) is 7.94. The Morgan fingerprint density at radius 1 is 1.12 bits per heavy atom. The summed E-state index contributed by atoms with van der Waals surface area (Å²) in [6.07, 6.45) is 4.52. The molecular weight excluding hydrogens is 382 g/mol. The Morgan fingerprint density at radius 3 is 2.64 bits per heavy atom. The summed E-state index contributed by atoms with van der Waals surface area (Å²) in [5, 5.41) is 7.04. The van der Waals surface area contributed by atoms with Gasteiger partial charge in [-0.25, -0.2) is 4.68 Å². The van der Waals surface area contributed by atoms with E-state index >= 15 is 0 Å². The van der Waals surface area contributed by atoms with Crippen molar-refractivity contribution < 1.29 is 9.53 Å². The number of nitrogens with one attached hydrogen (secondary N) is 1. The van der Waals surface area contributed by atoms with Gasteiger partial charge >= 0.3 is 0 Å². The fourth-order valence-electron chi connectivity index (χ4n) is 2.30. The van der Waals surface area contributed by atoms with E-state index in [0.717, 1.165) is 15.8 Å². The molecule has 6 heteroatoms. The number of carbonyl (C=O) groups excluding carboxylic acids is 1. The molecule has 0 atom stereocenters. The predicted molar refractivity (Wildman–Crippen MR) is 100 cm³/mol. The maximum absolute atomic E-state index is 12.0. The van der Waals surface area contributed by atoms with Crippen LogP contribution in [0.2, 0.25) is 0 Å². The minimum Gasteiger partial charge on any atom is -0.471 e. The number of hydrogen-bond donors (Lipinski definition) is 1. The number of aromatic nitrogens is 2. The summed E-state index contributed by atoms with van der Waals surface area (Å²) in [6.45, 7) is 0.279. The highest BCUT2D eigenvalue weighted by Gasteiger charge is 2.05. The normalized spacial score (nSPS) is 10.4. The standard InChI is InChI=1S/C19H18BrN3O2/c20-16-7-9-18(10-8-16)25-14-23-13-17(12-21-23)22-19(24)11-6-15-4-2-1-3-5-15/h1-5,7-10,12-13H,6,11,14H2,(H,22,24). The van der Waals surface area contributed by atoms with Gasteiger partial charge in [-0.2, -0.15) is 5.10 Å². The average Bonchev–Trinajstić information content (AvgIpc) is 3.08. The van der Waals surface area contributed by atoms with Gasteiger partial charge < -0.3 is 10.1 Å². The van der Waals surface area contributed by atoms with Crippen molar-refractivity contribution in [2.24, 2.45) is 0 Å². The van der Waals surface area contributed by atoms with E-state index in [-0.39, 0.29) is 12.6 Å². The molecule has 1 amide bonds. The van der Waals surface area contributed by atoms with Crippen LogP contribution in [0, 0.1) is 0 Å². The van der Waals surface area contributed by atoms with Gasteiger partial charge in [-0.1, -0.05) is 46.3 Å². The number of aryl methyl sites for hydroxylation is 1. The van der Waals surface area contributed by atoms with Gasteiger partial charge in [-0.15, -0.1) is 0 Å². The zero-order valence-electron chi connectivity index (χ0n) is 13.6. The molecule has 0 spiro atoms. The van der Waals surface area contributed by atoms with Crippen molar-refractivity contribution in [2.45, 2.75) is 19.6 Å². The van der Waals surface area contributed by atoms with Gasteiger partial charge in [0.1, 0.15) is 5.75 Å². The summed E-state index contributed by atoms with van der Waals surface area (Å²) < 4.78 is 8.27. The summed E-state index contributed by atoms with van der Waals surface area (Å²) in [5.74, 6) is 0.726. The lowest BCUT2D eigenvalue weighted by Gasteiger charge is -2.06. The van der Waals surface area contributed by atoms with E-state index in [2.05, 4.69) is 26.3 Å². The molecule has 0 saturated carbocycles. The third-order valence-electron chi connectivity index (χ3n) is 3.58. The fourth-order valence-corrected chi connectivity index (χ4v) is 2.56. The van der Waals surface area contributed by atoms with Crippen LogP contribution in [0.15, 0.2) is 71.5 Å². The topological polar surface area (TPSA) is 56.2 Å². The molecule has 5 nitrogen and oxygen atoms in total. The molecule has 0 unspecified atom stereocenters. The third-order valence-corrected chi connectivity index (χ3v) is 4.11. The SMILES string of the molecule is O=C(CCc1ccccc1)Nc1cnn(COc2ccc(Br)cc2)c1. The van der Waals surface area contributed by atoms with Crippen LogP contribution in [-0.2, 0) is 17.9 Å². The van der Waals surface area contributed by atoms with E-state index < -0.39 is 0 Å². The number of amides is 1. The molecular formula is C19H18BrN3O2. The molecule has 0 saturated heterocycles. The van der Waals surface area contributed by atoms with E-state index in [0.29, 0.717) is 18.5 Å². The third kappa shape index (κ3) is 5.46. The summed E-state index contributed by atoms with van der Waals surface area (Å²) in [6, 6.07) is 17.5. The first-order chi connectivity index (χ1) is 12.2. The highest BCUT2D eigenvalue weighted by atomic mass is 79.9. The van der Waals surface area contributed by atoms with Gasteiger partial charge in [-0.3, -0.25) is 4.79 Å². The monoisotopic (exact) mass is 399 g/mol. The molecule has 0 aliphatic heterocycles. The number of carbonyl (C=O) groups is 1. The first-order valence-corrected chi connectivity index (χ1v) is 8.73. The van der Waals surface area contributed by atoms with Crippen LogP contribution in [0.25, 0.3) is 0 Å². The van der Waals surface area contributed by atoms with Crippen molar-refractivity contribution in [1.82, 2.24) is 9.78 Å². The molecule has 1 aromatic heterocycles. The Morgan fingerprint density at radius 2 is 1.88 bits per heavy atom. The zero-order chi connectivity index (χ0) is 17.5. The number of benzene rings is 2. The minimum absolute atomic E-state index is 0.0303. The smallest absolute Gasteiger partial charge is 0.224 e. The van der Waals surface area contributed by atoms with Crippen LogP contribution in [0.4, 0.5) is 5.69 Å². The van der Waals surface area contributed by atoms with Crippen molar-refractivity contribution in [3.05, 3.63) is 77.0 Å². The second-order valence-electron chi connectivity index (χ2n) is 5.53. The predicted octanol–water partition coefficient (Wildman–Crippen LogP) is 4.25. The Balaban J connectivity index is 1.46. The Kier molecular flexibility index (Phi) is 5.85. The van der Waals surface area contributed by atoms with Gasteiger partial charge in [0.2, 0.25) is 5.91 Å². The van der Waals surface area contributed by atoms with E-state index in [1.165, 1.54) is 0 Å². The Bertz CT molecular complexity index is 816. The summed E-state index contributed by atoms with van der Waals surface area (Å²) in [7, 11) is 0. The lowest BCUT2D eigenvalue weighted by molar-refractivity contribution is -0.116.